The topological polar surface area (TPSA) is 29.3 Å². The van der Waals surface area contributed by atoms with E-state index in [0.717, 1.165) is 11.4 Å². The number of nitrogens with two attached hydrogens (primary N) is 1. The van der Waals surface area contributed by atoms with Crippen molar-refractivity contribution in [3.63, 3.8) is 0 Å². The van der Waals surface area contributed by atoms with E-state index in [1.165, 1.54) is 12.1 Å². The summed E-state index contributed by atoms with van der Waals surface area (Å²) in [6.45, 7) is 0. The third-order valence-electron chi connectivity index (χ3n) is 2.44. The average molecular weight is 216 g/mol. The molecule has 0 spiro atoms. The first-order chi connectivity index (χ1) is 7.66. The maximum absolute atomic E-state index is 13.2. The van der Waals surface area contributed by atoms with Crippen molar-refractivity contribution in [2.45, 2.75) is 0 Å². The second-order valence-electron chi connectivity index (χ2n) is 3.64. The number of para-hydroxylation sites is 1. The Morgan fingerprint density at radius 1 is 1.00 bits per heavy atom. The highest BCUT2D eigenvalue weighted by Gasteiger charge is 2.05. The molecule has 2 rings (SSSR count). The number of anilines is 3. The summed E-state index contributed by atoms with van der Waals surface area (Å²) in [5, 5.41) is 0. The zero-order valence-corrected chi connectivity index (χ0v) is 9.02. The van der Waals surface area contributed by atoms with Crippen LogP contribution >= 0.6 is 0 Å². The SMILES string of the molecule is CN(c1ccccc1)c1cc(N)cc(F)c1. The molecule has 0 radical (unpaired) electrons. The summed E-state index contributed by atoms with van der Waals surface area (Å²) in [4.78, 5) is 1.89. The van der Waals surface area contributed by atoms with Gasteiger partial charge in [-0.05, 0) is 30.3 Å². The van der Waals surface area contributed by atoms with Crippen molar-refractivity contribution in [1.29, 1.82) is 0 Å². The van der Waals surface area contributed by atoms with Gasteiger partial charge in [0, 0.05) is 24.1 Å². The van der Waals surface area contributed by atoms with E-state index in [4.69, 9.17) is 5.73 Å². The van der Waals surface area contributed by atoms with E-state index in [0.29, 0.717) is 5.69 Å². The highest BCUT2D eigenvalue weighted by Crippen LogP contribution is 2.25. The van der Waals surface area contributed by atoms with Crippen molar-refractivity contribution in [3.05, 3.63) is 54.3 Å². The summed E-state index contributed by atoms with van der Waals surface area (Å²) in [7, 11) is 1.88. The van der Waals surface area contributed by atoms with Gasteiger partial charge in [-0.1, -0.05) is 18.2 Å². The first kappa shape index (κ1) is 10.5. The smallest absolute Gasteiger partial charge is 0.127 e. The maximum atomic E-state index is 13.2. The van der Waals surface area contributed by atoms with E-state index < -0.39 is 0 Å². The molecule has 2 nitrogen and oxygen atoms in total. The molecule has 0 bridgehead atoms. The lowest BCUT2D eigenvalue weighted by Crippen LogP contribution is -2.09. The number of hydrogen-bond donors (Lipinski definition) is 1. The molecule has 0 aromatic heterocycles. The van der Waals surface area contributed by atoms with Crippen molar-refractivity contribution >= 4 is 17.1 Å². The number of halogens is 1. The Morgan fingerprint density at radius 3 is 2.31 bits per heavy atom. The van der Waals surface area contributed by atoms with E-state index in [2.05, 4.69) is 0 Å². The molecule has 0 fully saturated rings. The van der Waals surface area contributed by atoms with Gasteiger partial charge in [0.15, 0.2) is 0 Å². The Kier molecular flexibility index (Phi) is 2.77. The highest BCUT2D eigenvalue weighted by atomic mass is 19.1. The van der Waals surface area contributed by atoms with Crippen molar-refractivity contribution in [1.82, 2.24) is 0 Å². The fourth-order valence-corrected chi connectivity index (χ4v) is 1.59. The highest BCUT2D eigenvalue weighted by molar-refractivity contribution is 5.65. The summed E-state index contributed by atoms with van der Waals surface area (Å²) in [5.41, 5.74) is 7.77. The summed E-state index contributed by atoms with van der Waals surface area (Å²) < 4.78 is 13.2. The van der Waals surface area contributed by atoms with Crippen molar-refractivity contribution in [2.24, 2.45) is 0 Å². The fourth-order valence-electron chi connectivity index (χ4n) is 1.59. The van der Waals surface area contributed by atoms with E-state index in [1.807, 2.05) is 42.3 Å². The Hall–Kier alpha value is -2.03. The van der Waals surface area contributed by atoms with Crippen LogP contribution < -0.4 is 10.6 Å². The number of nitrogens with zero attached hydrogens (tertiary/aromatic N) is 1. The van der Waals surface area contributed by atoms with E-state index in [-0.39, 0.29) is 5.82 Å². The molecular weight excluding hydrogens is 203 g/mol. The molecule has 0 amide bonds. The van der Waals surface area contributed by atoms with Crippen molar-refractivity contribution in [2.75, 3.05) is 17.7 Å². The minimum absolute atomic E-state index is 0.321. The molecule has 0 saturated heterocycles. The fraction of sp³-hybridized carbons (Fsp3) is 0.0769. The lowest BCUT2D eigenvalue weighted by Gasteiger charge is -2.19. The number of benzene rings is 2. The normalized spacial score (nSPS) is 10.1. The second kappa shape index (κ2) is 4.23. The number of nitrogen functional groups attached to an aromatic ring is 1. The predicted molar refractivity (Wildman–Crippen MR) is 65.3 cm³/mol. The standard InChI is InChI=1S/C13H13FN2/c1-16(12-5-3-2-4-6-12)13-8-10(14)7-11(15)9-13/h2-9H,15H2,1H3. The van der Waals surface area contributed by atoms with Crippen LogP contribution in [0.2, 0.25) is 0 Å². The first-order valence-electron chi connectivity index (χ1n) is 5.01. The van der Waals surface area contributed by atoms with Gasteiger partial charge in [0.2, 0.25) is 0 Å². The molecule has 0 unspecified atom stereocenters. The van der Waals surface area contributed by atoms with Crippen LogP contribution in [0.1, 0.15) is 0 Å². The van der Waals surface area contributed by atoms with Crippen molar-refractivity contribution < 1.29 is 4.39 Å². The molecule has 82 valence electrons. The monoisotopic (exact) mass is 216 g/mol. The van der Waals surface area contributed by atoms with Crippen LogP contribution in [0.5, 0.6) is 0 Å². The lowest BCUT2D eigenvalue weighted by molar-refractivity contribution is 0.628. The zero-order chi connectivity index (χ0) is 11.5. The molecule has 0 aliphatic carbocycles. The largest absolute Gasteiger partial charge is 0.399 e. The van der Waals surface area contributed by atoms with Crippen LogP contribution in [-0.4, -0.2) is 7.05 Å². The minimum atomic E-state index is -0.321. The van der Waals surface area contributed by atoms with E-state index >= 15 is 0 Å². The van der Waals surface area contributed by atoms with Gasteiger partial charge >= 0.3 is 0 Å². The van der Waals surface area contributed by atoms with Gasteiger partial charge in [0.1, 0.15) is 5.82 Å². The third-order valence-corrected chi connectivity index (χ3v) is 2.44. The summed E-state index contributed by atoms with van der Waals surface area (Å²) >= 11 is 0. The molecule has 0 heterocycles. The number of rotatable bonds is 2. The van der Waals surface area contributed by atoms with Gasteiger partial charge in [0.25, 0.3) is 0 Å². The molecule has 0 aliphatic rings. The van der Waals surface area contributed by atoms with Gasteiger partial charge < -0.3 is 10.6 Å². The lowest BCUT2D eigenvalue weighted by atomic mass is 10.2. The van der Waals surface area contributed by atoms with Crippen LogP contribution in [0.3, 0.4) is 0 Å². The predicted octanol–water partition coefficient (Wildman–Crippen LogP) is 3.18. The minimum Gasteiger partial charge on any atom is -0.399 e. The van der Waals surface area contributed by atoms with Crippen LogP contribution in [0.15, 0.2) is 48.5 Å². The maximum Gasteiger partial charge on any atom is 0.127 e. The van der Waals surface area contributed by atoms with Crippen LogP contribution in [-0.2, 0) is 0 Å². The Morgan fingerprint density at radius 2 is 1.69 bits per heavy atom. The van der Waals surface area contributed by atoms with E-state index in [9.17, 15) is 4.39 Å². The Bertz CT molecular complexity index is 462. The third kappa shape index (κ3) is 2.14. The molecule has 16 heavy (non-hydrogen) atoms. The van der Waals surface area contributed by atoms with Crippen LogP contribution in [0.4, 0.5) is 21.5 Å². The molecule has 2 aromatic rings. The van der Waals surface area contributed by atoms with Gasteiger partial charge in [-0.2, -0.15) is 0 Å². The molecule has 0 atom stereocenters. The molecule has 3 heteroatoms. The van der Waals surface area contributed by atoms with Gasteiger partial charge in [0.05, 0.1) is 0 Å². The zero-order valence-electron chi connectivity index (χ0n) is 9.02. The molecule has 0 aliphatic heterocycles. The van der Waals surface area contributed by atoms with Gasteiger partial charge in [-0.15, -0.1) is 0 Å². The summed E-state index contributed by atoms with van der Waals surface area (Å²) in [6, 6.07) is 14.3. The average Bonchev–Trinajstić information content (AvgIpc) is 2.28. The summed E-state index contributed by atoms with van der Waals surface area (Å²) in [5.74, 6) is -0.321. The van der Waals surface area contributed by atoms with Gasteiger partial charge in [-0.25, -0.2) is 4.39 Å². The van der Waals surface area contributed by atoms with Crippen LogP contribution in [0, 0.1) is 5.82 Å². The Balaban J connectivity index is 2.37. The second-order valence-corrected chi connectivity index (χ2v) is 3.64. The first-order valence-corrected chi connectivity index (χ1v) is 5.01. The van der Waals surface area contributed by atoms with Gasteiger partial charge in [-0.3, -0.25) is 0 Å². The molecular formula is C13H13FN2. The molecule has 2 aromatic carbocycles. The number of hydrogen-bond acceptors (Lipinski definition) is 2. The molecule has 2 N–H and O–H groups in total. The molecule has 0 saturated carbocycles. The Labute approximate surface area is 94.1 Å². The van der Waals surface area contributed by atoms with Crippen LogP contribution in [0.25, 0.3) is 0 Å². The van der Waals surface area contributed by atoms with E-state index in [1.54, 1.807) is 6.07 Å². The van der Waals surface area contributed by atoms with Crippen molar-refractivity contribution in [3.8, 4) is 0 Å². The summed E-state index contributed by atoms with van der Waals surface area (Å²) in [6.07, 6.45) is 0. The quantitative estimate of drug-likeness (QED) is 0.781.